The van der Waals surface area contributed by atoms with Crippen LogP contribution in [0.15, 0.2) is 51.7 Å². The molecule has 8 heteroatoms. The number of benzene rings is 2. The number of carbonyl (C=O) groups excluding carboxylic acids is 2. The Labute approximate surface area is 222 Å². The minimum Gasteiger partial charge on any atom is -0.493 e. The number of likely N-dealkylation sites (tertiary alicyclic amines) is 1. The van der Waals surface area contributed by atoms with Gasteiger partial charge in [-0.25, -0.2) is 4.79 Å². The highest BCUT2D eigenvalue weighted by Gasteiger charge is 2.27. The lowest BCUT2D eigenvalue weighted by Gasteiger charge is -2.32. The smallest absolute Gasteiger partial charge is 0.349 e. The van der Waals surface area contributed by atoms with E-state index in [-0.39, 0.29) is 17.4 Å². The van der Waals surface area contributed by atoms with Gasteiger partial charge in [0.25, 0.3) is 5.91 Å². The fourth-order valence-electron chi connectivity index (χ4n) is 4.82. The lowest BCUT2D eigenvalue weighted by Crippen LogP contribution is -2.39. The zero-order valence-corrected chi connectivity index (χ0v) is 22.7. The zero-order valence-electron chi connectivity index (χ0n) is 22.7. The molecule has 0 bridgehead atoms. The average molecular weight is 522 g/mol. The monoisotopic (exact) mass is 521 g/mol. The SMILES string of the molecule is COc1cc2cc(C(=O)N3CCC(c4cccc(CCC(=O)OC(C)(C)C)c4)CC3)c(=O)oc2cc1OC. The molecule has 1 amide bonds. The summed E-state index contributed by atoms with van der Waals surface area (Å²) < 4.78 is 21.5. The molecule has 4 rings (SSSR count). The highest BCUT2D eigenvalue weighted by atomic mass is 16.6. The van der Waals surface area contributed by atoms with Crippen molar-refractivity contribution in [1.29, 1.82) is 0 Å². The first-order chi connectivity index (χ1) is 18.1. The fourth-order valence-corrected chi connectivity index (χ4v) is 4.82. The first-order valence-corrected chi connectivity index (χ1v) is 12.9. The Morgan fingerprint density at radius 3 is 2.34 bits per heavy atom. The van der Waals surface area contributed by atoms with Crippen molar-refractivity contribution in [2.24, 2.45) is 0 Å². The molecule has 8 nitrogen and oxygen atoms in total. The van der Waals surface area contributed by atoms with E-state index < -0.39 is 11.2 Å². The Kier molecular flexibility index (Phi) is 8.09. The van der Waals surface area contributed by atoms with Crippen LogP contribution in [0.5, 0.6) is 11.5 Å². The highest BCUT2D eigenvalue weighted by molar-refractivity contribution is 5.97. The fraction of sp³-hybridized carbons (Fsp3) is 0.433. The van der Waals surface area contributed by atoms with Gasteiger partial charge in [0.05, 0.1) is 14.2 Å². The van der Waals surface area contributed by atoms with Gasteiger partial charge in [0.15, 0.2) is 11.5 Å². The molecule has 3 aromatic rings. The number of nitrogens with zero attached hydrogens (tertiary/aromatic N) is 1. The number of carbonyl (C=O) groups is 2. The second-order valence-electron chi connectivity index (χ2n) is 10.6. The summed E-state index contributed by atoms with van der Waals surface area (Å²) in [6.45, 7) is 6.67. The number of amides is 1. The molecule has 1 aliphatic rings. The van der Waals surface area contributed by atoms with Crippen molar-refractivity contribution in [2.75, 3.05) is 27.3 Å². The van der Waals surface area contributed by atoms with Gasteiger partial charge in [-0.2, -0.15) is 0 Å². The van der Waals surface area contributed by atoms with Crippen LogP contribution >= 0.6 is 0 Å². The summed E-state index contributed by atoms with van der Waals surface area (Å²) in [5, 5.41) is 0.587. The van der Waals surface area contributed by atoms with Crippen LogP contribution in [-0.4, -0.2) is 49.7 Å². The predicted octanol–water partition coefficient (Wildman–Crippen LogP) is 5.10. The van der Waals surface area contributed by atoms with E-state index in [4.69, 9.17) is 18.6 Å². The van der Waals surface area contributed by atoms with Crippen molar-refractivity contribution in [3.05, 3.63) is 69.6 Å². The van der Waals surface area contributed by atoms with Gasteiger partial charge >= 0.3 is 11.6 Å². The molecule has 0 saturated carbocycles. The molecule has 1 fully saturated rings. The van der Waals surface area contributed by atoms with Crippen LogP contribution in [0.1, 0.15) is 67.4 Å². The van der Waals surface area contributed by atoms with Gasteiger partial charge in [-0.15, -0.1) is 0 Å². The Hall–Kier alpha value is -3.81. The van der Waals surface area contributed by atoms with Crippen LogP contribution in [0.4, 0.5) is 0 Å². The quantitative estimate of drug-likeness (QED) is 0.315. The summed E-state index contributed by atoms with van der Waals surface area (Å²) in [6, 6.07) is 13.1. The molecule has 1 saturated heterocycles. The third-order valence-corrected chi connectivity index (χ3v) is 6.71. The maximum Gasteiger partial charge on any atom is 0.349 e. The summed E-state index contributed by atoms with van der Waals surface area (Å²) in [5.74, 6) is 0.690. The Bertz CT molecular complexity index is 1380. The summed E-state index contributed by atoms with van der Waals surface area (Å²) in [6.07, 6.45) is 2.52. The van der Waals surface area contributed by atoms with Crippen LogP contribution in [0.2, 0.25) is 0 Å². The number of aryl methyl sites for hydroxylation is 1. The third kappa shape index (κ3) is 6.36. The molecule has 2 heterocycles. The molecule has 1 aliphatic heterocycles. The van der Waals surface area contributed by atoms with Crippen molar-refractivity contribution in [2.45, 2.75) is 58.0 Å². The maximum atomic E-state index is 13.3. The minimum atomic E-state index is -0.672. The third-order valence-electron chi connectivity index (χ3n) is 6.71. The molecular formula is C30H35NO7. The van der Waals surface area contributed by atoms with E-state index in [0.29, 0.717) is 54.3 Å². The van der Waals surface area contributed by atoms with Crippen LogP contribution in [-0.2, 0) is 16.0 Å². The summed E-state index contributed by atoms with van der Waals surface area (Å²) in [5.41, 5.74) is 1.47. The van der Waals surface area contributed by atoms with Gasteiger partial charge in [0.1, 0.15) is 16.7 Å². The number of rotatable bonds is 7. The molecule has 0 unspecified atom stereocenters. The van der Waals surface area contributed by atoms with Gasteiger partial charge in [0.2, 0.25) is 0 Å². The van der Waals surface area contributed by atoms with Crippen molar-refractivity contribution in [3.8, 4) is 11.5 Å². The molecule has 38 heavy (non-hydrogen) atoms. The second kappa shape index (κ2) is 11.3. The summed E-state index contributed by atoms with van der Waals surface area (Å²) in [4.78, 5) is 39.7. The van der Waals surface area contributed by atoms with Crippen molar-refractivity contribution in [1.82, 2.24) is 4.90 Å². The molecular weight excluding hydrogens is 486 g/mol. The molecule has 0 spiro atoms. The molecule has 202 valence electrons. The maximum absolute atomic E-state index is 13.3. The topological polar surface area (TPSA) is 95.3 Å². The first kappa shape index (κ1) is 27.2. The van der Waals surface area contributed by atoms with Gasteiger partial charge in [-0.05, 0) is 69.2 Å². The van der Waals surface area contributed by atoms with Crippen LogP contribution in [0, 0.1) is 0 Å². The number of hydrogen-bond acceptors (Lipinski definition) is 7. The van der Waals surface area contributed by atoms with Crippen LogP contribution < -0.4 is 15.1 Å². The largest absolute Gasteiger partial charge is 0.493 e. The summed E-state index contributed by atoms with van der Waals surface area (Å²) >= 11 is 0. The standard InChI is InChI=1S/C30H35NO7/c1-30(2,3)38-27(32)10-9-19-7-6-8-21(15-19)20-11-13-31(14-12-20)28(33)23-16-22-17-25(35-4)26(36-5)18-24(22)37-29(23)34/h6-8,15-18,20H,9-14H2,1-5H3. The van der Waals surface area contributed by atoms with Crippen molar-refractivity contribution < 1.29 is 28.2 Å². The minimum absolute atomic E-state index is 0.00677. The van der Waals surface area contributed by atoms with Crippen LogP contribution in [0.25, 0.3) is 11.0 Å². The number of esters is 1. The Morgan fingerprint density at radius 1 is 1.00 bits per heavy atom. The Morgan fingerprint density at radius 2 is 1.68 bits per heavy atom. The molecule has 0 radical (unpaired) electrons. The van der Waals surface area contributed by atoms with E-state index in [9.17, 15) is 14.4 Å². The predicted molar refractivity (Wildman–Crippen MR) is 144 cm³/mol. The molecule has 0 N–H and O–H groups in total. The lowest BCUT2D eigenvalue weighted by molar-refractivity contribution is -0.154. The van der Waals surface area contributed by atoms with Crippen LogP contribution in [0.3, 0.4) is 0 Å². The number of piperidine rings is 1. The van der Waals surface area contributed by atoms with E-state index in [1.54, 1.807) is 23.1 Å². The lowest BCUT2D eigenvalue weighted by atomic mass is 9.88. The van der Waals surface area contributed by atoms with E-state index in [0.717, 1.165) is 18.4 Å². The van der Waals surface area contributed by atoms with E-state index >= 15 is 0 Å². The van der Waals surface area contributed by atoms with E-state index in [1.165, 1.54) is 19.8 Å². The second-order valence-corrected chi connectivity index (χ2v) is 10.6. The van der Waals surface area contributed by atoms with Crippen molar-refractivity contribution >= 4 is 22.8 Å². The van der Waals surface area contributed by atoms with Crippen molar-refractivity contribution in [3.63, 3.8) is 0 Å². The van der Waals surface area contributed by atoms with Gasteiger partial charge in [0, 0.05) is 31.0 Å². The highest BCUT2D eigenvalue weighted by Crippen LogP contribution is 2.33. The normalized spacial score (nSPS) is 14.4. The zero-order chi connectivity index (χ0) is 27.4. The van der Waals surface area contributed by atoms with E-state index in [2.05, 4.69) is 12.1 Å². The number of fused-ring (bicyclic) bond motifs is 1. The molecule has 1 aromatic heterocycles. The molecule has 2 aromatic carbocycles. The number of methoxy groups -OCH3 is 2. The van der Waals surface area contributed by atoms with Gasteiger partial charge < -0.3 is 23.5 Å². The summed E-state index contributed by atoms with van der Waals surface area (Å²) in [7, 11) is 3.03. The van der Waals surface area contributed by atoms with Gasteiger partial charge in [-0.1, -0.05) is 24.3 Å². The molecule has 0 atom stereocenters. The average Bonchev–Trinajstić information content (AvgIpc) is 2.89. The Balaban J connectivity index is 1.41. The van der Waals surface area contributed by atoms with Gasteiger partial charge in [-0.3, -0.25) is 9.59 Å². The first-order valence-electron chi connectivity index (χ1n) is 12.9. The number of hydrogen-bond donors (Lipinski definition) is 0. The van der Waals surface area contributed by atoms with E-state index in [1.807, 2.05) is 32.9 Å². The number of ether oxygens (including phenoxy) is 3. The molecule has 0 aliphatic carbocycles.